The Labute approximate surface area is 125 Å². The maximum absolute atomic E-state index is 12.4. The lowest BCUT2D eigenvalue weighted by Gasteiger charge is -2.38. The summed E-state index contributed by atoms with van der Waals surface area (Å²) in [5, 5.41) is 3.23. The number of amides is 1. The molecule has 21 heavy (non-hydrogen) atoms. The van der Waals surface area contributed by atoms with Crippen LogP contribution < -0.4 is 5.32 Å². The number of rotatable bonds is 2. The number of hydrogen-bond acceptors (Lipinski definition) is 5. The number of ether oxygens (including phenoxy) is 2. The van der Waals surface area contributed by atoms with Crippen molar-refractivity contribution in [1.82, 2.24) is 10.2 Å². The summed E-state index contributed by atoms with van der Waals surface area (Å²) in [6.07, 6.45) is 2.89. The van der Waals surface area contributed by atoms with Gasteiger partial charge in [0.15, 0.2) is 0 Å². The maximum atomic E-state index is 12.4. The molecule has 2 saturated heterocycles. The summed E-state index contributed by atoms with van der Waals surface area (Å²) >= 11 is 0. The van der Waals surface area contributed by atoms with Crippen LogP contribution in [0.25, 0.3) is 0 Å². The molecule has 1 N–H and O–H groups in total. The predicted octanol–water partition coefficient (Wildman–Crippen LogP) is 1.80. The number of carbonyl (C=O) groups is 2. The van der Waals surface area contributed by atoms with Crippen LogP contribution in [0, 0.1) is 0 Å². The first-order valence-corrected chi connectivity index (χ1v) is 7.45. The smallest absolute Gasteiger partial charge is 0.411 e. The van der Waals surface area contributed by atoms with Crippen LogP contribution in [-0.4, -0.2) is 47.8 Å². The summed E-state index contributed by atoms with van der Waals surface area (Å²) < 4.78 is 10.4. The van der Waals surface area contributed by atoms with Gasteiger partial charge < -0.3 is 14.8 Å². The number of nitrogens with zero attached hydrogens (tertiary/aromatic N) is 1. The van der Waals surface area contributed by atoms with Gasteiger partial charge in [-0.05, 0) is 40.5 Å². The minimum atomic E-state index is -0.521. The molecule has 2 bridgehead atoms. The van der Waals surface area contributed by atoms with Crippen molar-refractivity contribution in [3.63, 3.8) is 0 Å². The number of carbonyl (C=O) groups excluding carboxylic acids is 2. The molecule has 2 rings (SSSR count). The van der Waals surface area contributed by atoms with E-state index in [1.807, 2.05) is 20.8 Å². The number of esters is 1. The first-order chi connectivity index (χ1) is 9.81. The lowest BCUT2D eigenvalue weighted by Crippen LogP contribution is -2.54. The zero-order valence-electron chi connectivity index (χ0n) is 13.1. The van der Waals surface area contributed by atoms with E-state index in [-0.39, 0.29) is 24.1 Å². The summed E-state index contributed by atoms with van der Waals surface area (Å²) in [4.78, 5) is 25.7. The third kappa shape index (κ3) is 3.68. The van der Waals surface area contributed by atoms with E-state index in [0.29, 0.717) is 13.2 Å². The SMILES string of the molecule is CCOC(=O)/C=C1/NC[C@H]2CC[C@@H]1N2C(=O)OC(C)(C)C. The molecule has 2 atom stereocenters. The van der Waals surface area contributed by atoms with Crippen molar-refractivity contribution in [2.24, 2.45) is 0 Å². The van der Waals surface area contributed by atoms with E-state index < -0.39 is 5.60 Å². The number of nitrogens with one attached hydrogen (secondary N) is 1. The summed E-state index contributed by atoms with van der Waals surface area (Å²) in [6, 6.07) is 0.00667. The summed E-state index contributed by atoms with van der Waals surface area (Å²) in [5.41, 5.74) is 0.222. The van der Waals surface area contributed by atoms with Crippen molar-refractivity contribution in [3.05, 3.63) is 11.8 Å². The minimum Gasteiger partial charge on any atom is -0.463 e. The monoisotopic (exact) mass is 296 g/mol. The molecule has 2 fully saturated rings. The highest BCUT2D eigenvalue weighted by atomic mass is 16.6. The van der Waals surface area contributed by atoms with Gasteiger partial charge in [-0.2, -0.15) is 0 Å². The van der Waals surface area contributed by atoms with Crippen LogP contribution in [0.2, 0.25) is 0 Å². The Balaban J connectivity index is 2.13. The maximum Gasteiger partial charge on any atom is 0.411 e. The van der Waals surface area contributed by atoms with Crippen LogP contribution in [0.15, 0.2) is 11.8 Å². The Morgan fingerprint density at radius 1 is 1.38 bits per heavy atom. The van der Waals surface area contributed by atoms with Gasteiger partial charge in [0, 0.05) is 18.3 Å². The van der Waals surface area contributed by atoms with Crippen LogP contribution in [0.5, 0.6) is 0 Å². The molecular weight excluding hydrogens is 272 g/mol. The van der Waals surface area contributed by atoms with Gasteiger partial charge in [0.2, 0.25) is 0 Å². The molecule has 6 nitrogen and oxygen atoms in total. The molecule has 1 amide bonds. The van der Waals surface area contributed by atoms with Gasteiger partial charge in [-0.25, -0.2) is 9.59 Å². The molecular formula is C15H24N2O4. The zero-order valence-corrected chi connectivity index (χ0v) is 13.1. The Hall–Kier alpha value is -1.72. The van der Waals surface area contributed by atoms with Crippen molar-refractivity contribution < 1.29 is 19.1 Å². The minimum absolute atomic E-state index is 0.122. The van der Waals surface area contributed by atoms with Crippen molar-refractivity contribution in [1.29, 1.82) is 0 Å². The zero-order chi connectivity index (χ0) is 15.6. The van der Waals surface area contributed by atoms with E-state index in [4.69, 9.17) is 9.47 Å². The molecule has 2 heterocycles. The highest BCUT2D eigenvalue weighted by Gasteiger charge is 2.44. The number of fused-ring (bicyclic) bond motifs is 2. The second-order valence-electron chi connectivity index (χ2n) is 6.37. The van der Waals surface area contributed by atoms with Crippen molar-refractivity contribution in [2.45, 2.75) is 58.2 Å². The molecule has 0 unspecified atom stereocenters. The normalized spacial score (nSPS) is 26.5. The van der Waals surface area contributed by atoms with Crippen LogP contribution >= 0.6 is 0 Å². The first-order valence-electron chi connectivity index (χ1n) is 7.45. The second kappa shape index (κ2) is 5.95. The molecule has 0 aromatic rings. The molecule has 0 saturated carbocycles. The fourth-order valence-electron chi connectivity index (χ4n) is 2.79. The molecule has 0 radical (unpaired) electrons. The van der Waals surface area contributed by atoms with Gasteiger partial charge in [-0.1, -0.05) is 0 Å². The Kier molecular flexibility index (Phi) is 4.44. The highest BCUT2D eigenvalue weighted by Crippen LogP contribution is 2.33. The van der Waals surface area contributed by atoms with Gasteiger partial charge >= 0.3 is 12.1 Å². The van der Waals surface area contributed by atoms with Gasteiger partial charge in [0.1, 0.15) is 5.60 Å². The molecule has 0 spiro atoms. The molecule has 2 aliphatic heterocycles. The summed E-state index contributed by atoms with van der Waals surface area (Å²) in [6.45, 7) is 8.30. The van der Waals surface area contributed by atoms with Crippen molar-refractivity contribution in [3.8, 4) is 0 Å². The lowest BCUT2D eigenvalue weighted by molar-refractivity contribution is -0.137. The molecule has 2 aliphatic rings. The largest absolute Gasteiger partial charge is 0.463 e. The summed E-state index contributed by atoms with van der Waals surface area (Å²) in [5.74, 6) is -0.380. The van der Waals surface area contributed by atoms with E-state index >= 15 is 0 Å². The number of hydrogen-bond donors (Lipinski definition) is 1. The summed E-state index contributed by atoms with van der Waals surface area (Å²) in [7, 11) is 0. The molecule has 0 aromatic heterocycles. The van der Waals surface area contributed by atoms with Gasteiger partial charge in [0.25, 0.3) is 0 Å². The van der Waals surface area contributed by atoms with Crippen LogP contribution in [0.3, 0.4) is 0 Å². The van der Waals surface area contributed by atoms with E-state index in [2.05, 4.69) is 5.32 Å². The Bertz CT molecular complexity index is 453. The topological polar surface area (TPSA) is 67.9 Å². The molecule has 6 heteroatoms. The molecule has 0 aliphatic carbocycles. The van der Waals surface area contributed by atoms with Gasteiger partial charge in [-0.3, -0.25) is 4.90 Å². The second-order valence-corrected chi connectivity index (χ2v) is 6.37. The van der Waals surface area contributed by atoms with E-state index in [1.165, 1.54) is 6.08 Å². The first kappa shape index (κ1) is 15.7. The standard InChI is InChI=1S/C15H24N2O4/c1-5-20-13(18)8-11-12-7-6-10(9-16-11)17(12)14(19)21-15(2,3)4/h8,10,12,16H,5-7,9H2,1-4H3/b11-8+/t10-,12+/m1/s1. The third-order valence-electron chi connectivity index (χ3n) is 3.57. The molecule has 0 aromatic carbocycles. The third-order valence-corrected chi connectivity index (χ3v) is 3.57. The van der Waals surface area contributed by atoms with Crippen molar-refractivity contribution >= 4 is 12.1 Å². The fourth-order valence-corrected chi connectivity index (χ4v) is 2.79. The Morgan fingerprint density at radius 3 is 2.71 bits per heavy atom. The average Bonchev–Trinajstić information content (AvgIpc) is 2.67. The predicted molar refractivity (Wildman–Crippen MR) is 77.6 cm³/mol. The van der Waals surface area contributed by atoms with E-state index in [0.717, 1.165) is 18.5 Å². The van der Waals surface area contributed by atoms with Gasteiger partial charge in [-0.15, -0.1) is 0 Å². The quantitative estimate of drug-likeness (QED) is 0.622. The Morgan fingerprint density at radius 2 is 2.10 bits per heavy atom. The van der Waals surface area contributed by atoms with Crippen molar-refractivity contribution in [2.75, 3.05) is 13.2 Å². The highest BCUT2D eigenvalue weighted by molar-refractivity contribution is 5.83. The van der Waals surface area contributed by atoms with Crippen LogP contribution in [0.4, 0.5) is 4.79 Å². The average molecular weight is 296 g/mol. The lowest BCUT2D eigenvalue weighted by atomic mass is 10.1. The van der Waals surface area contributed by atoms with Gasteiger partial charge in [0.05, 0.1) is 18.7 Å². The number of piperazine rings is 1. The fraction of sp³-hybridized carbons (Fsp3) is 0.733. The van der Waals surface area contributed by atoms with Crippen LogP contribution in [0.1, 0.15) is 40.5 Å². The van der Waals surface area contributed by atoms with E-state index in [1.54, 1.807) is 11.8 Å². The van der Waals surface area contributed by atoms with Crippen LogP contribution in [-0.2, 0) is 14.3 Å². The van der Waals surface area contributed by atoms with E-state index in [9.17, 15) is 9.59 Å². The molecule has 118 valence electrons.